The number of fused-ring (bicyclic) bond motifs is 1. The second-order valence-electron chi connectivity index (χ2n) is 2.81. The zero-order chi connectivity index (χ0) is 8.22. The molecule has 1 saturated carbocycles. The maximum absolute atomic E-state index is 10.8. The molecule has 0 amide bonds. The van der Waals surface area contributed by atoms with Crippen LogP contribution < -0.4 is 5.11 Å². The minimum absolute atomic E-state index is 0.148. The Bertz CT molecular complexity index is 245. The fourth-order valence-corrected chi connectivity index (χ4v) is 2.41. The standard InChI is InChI=1S/C6H5BrO4/c7-6-1-11-5(10)3(6)2(6)4(8)9/h2-3H,1H2,(H,8,9)/p-1/t2-,3-,6+/m1/s1. The molecule has 60 valence electrons. The molecule has 0 spiro atoms. The largest absolute Gasteiger partial charge is 0.550 e. The summed E-state index contributed by atoms with van der Waals surface area (Å²) in [4.78, 5) is 21.2. The van der Waals surface area contributed by atoms with E-state index in [0.29, 0.717) is 0 Å². The van der Waals surface area contributed by atoms with E-state index >= 15 is 0 Å². The maximum atomic E-state index is 10.8. The van der Waals surface area contributed by atoms with Crippen LogP contribution in [-0.2, 0) is 14.3 Å². The van der Waals surface area contributed by atoms with Crippen molar-refractivity contribution in [2.24, 2.45) is 11.8 Å². The number of rotatable bonds is 1. The number of carboxylic acid groups (broad SMARTS) is 1. The summed E-state index contributed by atoms with van der Waals surface area (Å²) < 4.78 is 3.97. The Morgan fingerprint density at radius 1 is 1.82 bits per heavy atom. The molecule has 0 aromatic carbocycles. The number of cyclic esters (lactones) is 1. The molecule has 0 aromatic heterocycles. The van der Waals surface area contributed by atoms with Crippen LogP contribution in [0.25, 0.3) is 0 Å². The highest BCUT2D eigenvalue weighted by Crippen LogP contribution is 2.61. The van der Waals surface area contributed by atoms with Gasteiger partial charge in [-0.1, -0.05) is 15.9 Å². The van der Waals surface area contributed by atoms with Gasteiger partial charge in [-0.3, -0.25) is 4.79 Å². The molecule has 3 atom stereocenters. The normalized spacial score (nSPS) is 46.5. The van der Waals surface area contributed by atoms with Crippen LogP contribution in [-0.4, -0.2) is 22.9 Å². The van der Waals surface area contributed by atoms with Crippen molar-refractivity contribution >= 4 is 27.9 Å². The second kappa shape index (κ2) is 1.77. The van der Waals surface area contributed by atoms with E-state index in [1.165, 1.54) is 0 Å². The second-order valence-corrected chi connectivity index (χ2v) is 4.29. The molecule has 1 heterocycles. The topological polar surface area (TPSA) is 66.4 Å². The molecule has 1 aliphatic carbocycles. The number of esters is 1. The Balaban J connectivity index is 2.24. The van der Waals surface area contributed by atoms with Crippen LogP contribution in [0.4, 0.5) is 0 Å². The predicted octanol–water partition coefficient (Wildman–Crippen LogP) is -1.33. The number of halogens is 1. The first-order chi connectivity index (χ1) is 5.07. The number of carbonyl (C=O) groups is 2. The molecule has 0 aromatic rings. The molecule has 5 heteroatoms. The van der Waals surface area contributed by atoms with E-state index in [9.17, 15) is 14.7 Å². The highest BCUT2D eigenvalue weighted by molar-refractivity contribution is 9.10. The van der Waals surface area contributed by atoms with Crippen molar-refractivity contribution in [1.82, 2.24) is 0 Å². The first-order valence-corrected chi connectivity index (χ1v) is 3.93. The van der Waals surface area contributed by atoms with Gasteiger partial charge >= 0.3 is 5.97 Å². The number of hydrogen-bond acceptors (Lipinski definition) is 4. The summed E-state index contributed by atoms with van der Waals surface area (Å²) in [6, 6.07) is 0. The number of alkyl halides is 1. The number of hydrogen-bond donors (Lipinski definition) is 0. The van der Waals surface area contributed by atoms with Crippen molar-refractivity contribution in [1.29, 1.82) is 0 Å². The summed E-state index contributed by atoms with van der Waals surface area (Å²) in [5.74, 6) is -2.82. The van der Waals surface area contributed by atoms with E-state index in [4.69, 9.17) is 0 Å². The summed E-state index contributed by atoms with van der Waals surface area (Å²) in [6.07, 6.45) is 0. The number of ether oxygens (including phenoxy) is 1. The lowest BCUT2D eigenvalue weighted by Crippen LogP contribution is -2.30. The summed E-state index contributed by atoms with van der Waals surface area (Å²) in [7, 11) is 0. The Labute approximate surface area is 70.7 Å². The van der Waals surface area contributed by atoms with Gasteiger partial charge in [-0.25, -0.2) is 0 Å². The van der Waals surface area contributed by atoms with Crippen molar-refractivity contribution in [3.8, 4) is 0 Å². The molecule has 2 rings (SSSR count). The Morgan fingerprint density at radius 2 is 2.45 bits per heavy atom. The molecule has 11 heavy (non-hydrogen) atoms. The quantitative estimate of drug-likeness (QED) is 0.405. The fraction of sp³-hybridized carbons (Fsp3) is 0.667. The van der Waals surface area contributed by atoms with Gasteiger partial charge in [-0.05, 0) is 0 Å². The van der Waals surface area contributed by atoms with E-state index < -0.39 is 28.1 Å². The number of aliphatic carboxylic acids is 1. The summed E-state index contributed by atoms with van der Waals surface area (Å²) in [5.41, 5.74) is 0. The SMILES string of the molecule is O=C([O-])[C@H]1[C@@H]2C(=O)OC[C@]12Br. The minimum Gasteiger partial charge on any atom is -0.550 e. The molecule has 4 nitrogen and oxygen atoms in total. The molecule has 1 aliphatic heterocycles. The van der Waals surface area contributed by atoms with Crippen molar-refractivity contribution in [3.05, 3.63) is 0 Å². The van der Waals surface area contributed by atoms with E-state index in [2.05, 4.69) is 20.7 Å². The molecule has 2 fully saturated rings. The Hall–Kier alpha value is -0.580. The smallest absolute Gasteiger partial charge is 0.311 e. The number of carbonyl (C=O) groups excluding carboxylic acids is 2. The van der Waals surface area contributed by atoms with Crippen LogP contribution in [0, 0.1) is 11.8 Å². The van der Waals surface area contributed by atoms with E-state index in [1.54, 1.807) is 0 Å². The van der Waals surface area contributed by atoms with Gasteiger partial charge in [0, 0.05) is 11.9 Å². The molecule has 0 radical (unpaired) electrons. The lowest BCUT2D eigenvalue weighted by molar-refractivity contribution is -0.308. The van der Waals surface area contributed by atoms with Crippen LogP contribution in [0.2, 0.25) is 0 Å². The van der Waals surface area contributed by atoms with Crippen LogP contribution in [0.3, 0.4) is 0 Å². The number of carboxylic acids is 1. The van der Waals surface area contributed by atoms with Gasteiger partial charge in [0.25, 0.3) is 0 Å². The average molecular weight is 220 g/mol. The Kier molecular flexibility index (Phi) is 1.14. The molecule has 2 aliphatic rings. The first-order valence-electron chi connectivity index (χ1n) is 3.14. The maximum Gasteiger partial charge on any atom is 0.311 e. The van der Waals surface area contributed by atoms with Gasteiger partial charge in [0.2, 0.25) is 0 Å². The molecule has 0 N–H and O–H groups in total. The molecular formula is C6H4BrO4-. The Morgan fingerprint density at radius 3 is 2.73 bits per heavy atom. The zero-order valence-corrected chi connectivity index (χ0v) is 6.96. The first kappa shape index (κ1) is 7.09. The highest BCUT2D eigenvalue weighted by atomic mass is 79.9. The lowest BCUT2D eigenvalue weighted by atomic mass is 10.3. The van der Waals surface area contributed by atoms with Gasteiger partial charge in [-0.2, -0.15) is 0 Å². The van der Waals surface area contributed by atoms with Crippen molar-refractivity contribution < 1.29 is 19.4 Å². The monoisotopic (exact) mass is 219 g/mol. The van der Waals surface area contributed by atoms with E-state index in [0.717, 1.165) is 0 Å². The summed E-state index contributed by atoms with van der Waals surface area (Å²) >= 11 is 3.16. The van der Waals surface area contributed by atoms with Crippen molar-refractivity contribution in [3.63, 3.8) is 0 Å². The average Bonchev–Trinajstić information content (AvgIpc) is 2.43. The molecule has 0 unspecified atom stereocenters. The lowest BCUT2D eigenvalue weighted by Gasteiger charge is -2.07. The minimum atomic E-state index is -1.18. The van der Waals surface area contributed by atoms with Crippen molar-refractivity contribution in [2.45, 2.75) is 4.32 Å². The summed E-state index contributed by atoms with van der Waals surface area (Å²) in [5, 5.41) is 10.4. The molecular weight excluding hydrogens is 216 g/mol. The zero-order valence-electron chi connectivity index (χ0n) is 5.37. The predicted molar refractivity (Wildman–Crippen MR) is 34.6 cm³/mol. The van der Waals surface area contributed by atoms with Crippen LogP contribution in [0.15, 0.2) is 0 Å². The molecule has 0 bridgehead atoms. The van der Waals surface area contributed by atoms with E-state index in [-0.39, 0.29) is 6.61 Å². The third-order valence-electron chi connectivity index (χ3n) is 2.20. The van der Waals surface area contributed by atoms with Crippen LogP contribution in [0.5, 0.6) is 0 Å². The van der Waals surface area contributed by atoms with Gasteiger partial charge in [0.05, 0.1) is 10.2 Å². The van der Waals surface area contributed by atoms with E-state index in [1.807, 2.05) is 0 Å². The van der Waals surface area contributed by atoms with Gasteiger partial charge in [0.15, 0.2) is 0 Å². The third-order valence-corrected chi connectivity index (χ3v) is 3.42. The molecule has 1 saturated heterocycles. The van der Waals surface area contributed by atoms with Crippen LogP contribution in [0.1, 0.15) is 0 Å². The van der Waals surface area contributed by atoms with Crippen LogP contribution >= 0.6 is 15.9 Å². The van der Waals surface area contributed by atoms with Gasteiger partial charge in [0.1, 0.15) is 6.61 Å². The van der Waals surface area contributed by atoms with Crippen molar-refractivity contribution in [2.75, 3.05) is 6.61 Å². The van der Waals surface area contributed by atoms with Gasteiger partial charge in [-0.15, -0.1) is 0 Å². The fourth-order valence-electron chi connectivity index (χ4n) is 1.52. The summed E-state index contributed by atoms with van der Waals surface area (Å²) in [6.45, 7) is 0.148. The third kappa shape index (κ3) is 0.690. The van der Waals surface area contributed by atoms with Gasteiger partial charge < -0.3 is 14.6 Å². The highest BCUT2D eigenvalue weighted by Gasteiger charge is 2.73.